The molecule has 0 aliphatic rings. The molecule has 1 aromatic carbocycles. The molecular formula is C15H18BrNOS. The quantitative estimate of drug-likeness (QED) is 0.853. The van der Waals surface area contributed by atoms with Gasteiger partial charge in [-0.25, -0.2) is 0 Å². The maximum absolute atomic E-state index is 5.99. The number of thiophene rings is 1. The number of ether oxygens (including phenoxy) is 1. The molecular weight excluding hydrogens is 322 g/mol. The summed E-state index contributed by atoms with van der Waals surface area (Å²) < 4.78 is 7.10. The zero-order valence-corrected chi connectivity index (χ0v) is 13.8. The van der Waals surface area contributed by atoms with Gasteiger partial charge in [-0.3, -0.25) is 0 Å². The van der Waals surface area contributed by atoms with E-state index in [4.69, 9.17) is 4.74 Å². The highest BCUT2D eigenvalue weighted by Crippen LogP contribution is 2.28. The Bertz CT molecular complexity index is 553. The lowest BCUT2D eigenvalue weighted by molar-refractivity contribution is 0.303. The van der Waals surface area contributed by atoms with E-state index >= 15 is 0 Å². The van der Waals surface area contributed by atoms with Crippen LogP contribution in [0.25, 0.3) is 0 Å². The summed E-state index contributed by atoms with van der Waals surface area (Å²) in [6, 6.07) is 8.74. The maximum atomic E-state index is 5.99. The van der Waals surface area contributed by atoms with Crippen molar-refractivity contribution in [3.8, 4) is 5.75 Å². The highest BCUT2D eigenvalue weighted by atomic mass is 79.9. The lowest BCUT2D eigenvalue weighted by atomic mass is 10.1. The van der Waals surface area contributed by atoms with Crippen molar-refractivity contribution in [3.05, 3.63) is 50.1 Å². The Morgan fingerprint density at radius 3 is 2.79 bits per heavy atom. The first-order valence-electron chi connectivity index (χ1n) is 6.23. The Labute approximate surface area is 126 Å². The fourth-order valence-corrected chi connectivity index (χ4v) is 3.22. The van der Waals surface area contributed by atoms with E-state index in [1.165, 1.54) is 16.0 Å². The van der Waals surface area contributed by atoms with Gasteiger partial charge in [0.2, 0.25) is 0 Å². The third-order valence-corrected chi connectivity index (χ3v) is 4.73. The van der Waals surface area contributed by atoms with Gasteiger partial charge < -0.3 is 10.1 Å². The number of aryl methyl sites for hydroxylation is 1. The van der Waals surface area contributed by atoms with Gasteiger partial charge in [0.05, 0.1) is 0 Å². The lowest BCUT2D eigenvalue weighted by Crippen LogP contribution is -2.13. The SMILES string of the molecule is CNC(C)c1ccc(C)cc1OCc1cc(Br)cs1. The van der Waals surface area contributed by atoms with E-state index in [1.54, 1.807) is 11.3 Å². The molecule has 4 heteroatoms. The molecule has 0 saturated heterocycles. The summed E-state index contributed by atoms with van der Waals surface area (Å²) in [5.74, 6) is 0.964. The Hall–Kier alpha value is -0.840. The Kier molecular flexibility index (Phi) is 5.02. The Morgan fingerprint density at radius 2 is 2.16 bits per heavy atom. The van der Waals surface area contributed by atoms with Gasteiger partial charge >= 0.3 is 0 Å². The van der Waals surface area contributed by atoms with Gasteiger partial charge in [-0.2, -0.15) is 0 Å². The van der Waals surface area contributed by atoms with Crippen LogP contribution in [0.15, 0.2) is 34.1 Å². The minimum atomic E-state index is 0.283. The molecule has 0 saturated carbocycles. The number of halogens is 1. The fraction of sp³-hybridized carbons (Fsp3) is 0.333. The first kappa shape index (κ1) is 14.6. The van der Waals surface area contributed by atoms with Crippen molar-refractivity contribution in [1.29, 1.82) is 0 Å². The molecule has 0 radical (unpaired) electrons. The van der Waals surface area contributed by atoms with Crippen LogP contribution in [-0.2, 0) is 6.61 Å². The average molecular weight is 340 g/mol. The number of benzene rings is 1. The van der Waals surface area contributed by atoms with E-state index in [2.05, 4.69) is 64.7 Å². The van der Waals surface area contributed by atoms with Crippen molar-refractivity contribution in [1.82, 2.24) is 5.32 Å². The highest BCUT2D eigenvalue weighted by Gasteiger charge is 2.10. The number of hydrogen-bond donors (Lipinski definition) is 1. The molecule has 0 bridgehead atoms. The molecule has 1 unspecified atom stereocenters. The van der Waals surface area contributed by atoms with Crippen LogP contribution in [0, 0.1) is 6.92 Å². The van der Waals surface area contributed by atoms with Crippen LogP contribution < -0.4 is 10.1 Å². The summed E-state index contributed by atoms with van der Waals surface area (Å²) in [6.07, 6.45) is 0. The topological polar surface area (TPSA) is 21.3 Å². The van der Waals surface area contributed by atoms with Crippen molar-refractivity contribution in [2.45, 2.75) is 26.5 Å². The summed E-state index contributed by atoms with van der Waals surface area (Å²) >= 11 is 5.17. The van der Waals surface area contributed by atoms with Crippen molar-refractivity contribution < 1.29 is 4.74 Å². The standard InChI is InChI=1S/C15H18BrNOS/c1-10-4-5-14(11(2)17-3)15(6-10)18-8-13-7-12(16)9-19-13/h4-7,9,11,17H,8H2,1-3H3. The van der Waals surface area contributed by atoms with Crippen LogP contribution >= 0.6 is 27.3 Å². The molecule has 2 rings (SSSR count). The third-order valence-electron chi connectivity index (χ3n) is 3.06. The first-order chi connectivity index (χ1) is 9.10. The molecule has 1 atom stereocenters. The number of nitrogens with one attached hydrogen (secondary N) is 1. The minimum Gasteiger partial charge on any atom is -0.488 e. The highest BCUT2D eigenvalue weighted by molar-refractivity contribution is 9.10. The van der Waals surface area contributed by atoms with Crippen LogP contribution in [0.2, 0.25) is 0 Å². The molecule has 0 spiro atoms. The van der Waals surface area contributed by atoms with E-state index in [-0.39, 0.29) is 6.04 Å². The lowest BCUT2D eigenvalue weighted by Gasteiger charge is -2.17. The van der Waals surface area contributed by atoms with Gasteiger partial charge in [0.25, 0.3) is 0 Å². The molecule has 1 N–H and O–H groups in total. The molecule has 19 heavy (non-hydrogen) atoms. The zero-order chi connectivity index (χ0) is 13.8. The van der Waals surface area contributed by atoms with Crippen LogP contribution in [0.3, 0.4) is 0 Å². The van der Waals surface area contributed by atoms with E-state index in [0.29, 0.717) is 6.61 Å². The predicted molar refractivity (Wildman–Crippen MR) is 85.0 cm³/mol. The maximum Gasteiger partial charge on any atom is 0.124 e. The summed E-state index contributed by atoms with van der Waals surface area (Å²) in [4.78, 5) is 1.22. The molecule has 0 aliphatic heterocycles. The fourth-order valence-electron chi connectivity index (χ4n) is 1.86. The van der Waals surface area contributed by atoms with Gasteiger partial charge in [0, 0.05) is 26.3 Å². The molecule has 1 heterocycles. The Balaban J connectivity index is 2.16. The van der Waals surface area contributed by atoms with Gasteiger partial charge in [0.15, 0.2) is 0 Å². The minimum absolute atomic E-state index is 0.283. The molecule has 1 aromatic heterocycles. The van der Waals surface area contributed by atoms with Crippen molar-refractivity contribution in [3.63, 3.8) is 0 Å². The molecule has 2 aromatic rings. The molecule has 2 nitrogen and oxygen atoms in total. The second-order valence-electron chi connectivity index (χ2n) is 4.57. The summed E-state index contributed by atoms with van der Waals surface area (Å²) in [7, 11) is 1.96. The monoisotopic (exact) mass is 339 g/mol. The van der Waals surface area contributed by atoms with Crippen LogP contribution in [0.5, 0.6) is 5.75 Å². The van der Waals surface area contributed by atoms with Gasteiger partial charge in [0.1, 0.15) is 12.4 Å². The van der Waals surface area contributed by atoms with E-state index < -0.39 is 0 Å². The van der Waals surface area contributed by atoms with Crippen LogP contribution in [-0.4, -0.2) is 7.05 Å². The van der Waals surface area contributed by atoms with E-state index in [9.17, 15) is 0 Å². The number of hydrogen-bond acceptors (Lipinski definition) is 3. The van der Waals surface area contributed by atoms with Gasteiger partial charge in [-0.05, 0) is 54.5 Å². The third kappa shape index (κ3) is 3.81. The number of rotatable bonds is 5. The van der Waals surface area contributed by atoms with Crippen molar-refractivity contribution in [2.24, 2.45) is 0 Å². The van der Waals surface area contributed by atoms with Crippen LogP contribution in [0.1, 0.15) is 29.0 Å². The second-order valence-corrected chi connectivity index (χ2v) is 6.48. The first-order valence-corrected chi connectivity index (χ1v) is 7.91. The molecule has 0 fully saturated rings. The predicted octanol–water partition coefficient (Wildman–Crippen LogP) is 4.68. The second kappa shape index (κ2) is 6.55. The summed E-state index contributed by atoms with van der Waals surface area (Å²) in [5, 5.41) is 5.33. The average Bonchev–Trinajstić information content (AvgIpc) is 2.81. The molecule has 102 valence electrons. The Morgan fingerprint density at radius 1 is 1.37 bits per heavy atom. The summed E-state index contributed by atoms with van der Waals surface area (Å²) in [6.45, 7) is 4.84. The zero-order valence-electron chi connectivity index (χ0n) is 11.4. The van der Waals surface area contributed by atoms with Gasteiger partial charge in [-0.1, -0.05) is 12.1 Å². The summed E-state index contributed by atoms with van der Waals surface area (Å²) in [5.41, 5.74) is 2.41. The van der Waals surface area contributed by atoms with Gasteiger partial charge in [-0.15, -0.1) is 11.3 Å². The molecule has 0 aliphatic carbocycles. The van der Waals surface area contributed by atoms with Crippen molar-refractivity contribution >= 4 is 27.3 Å². The molecule has 0 amide bonds. The largest absolute Gasteiger partial charge is 0.488 e. The van der Waals surface area contributed by atoms with E-state index in [0.717, 1.165) is 10.2 Å². The smallest absolute Gasteiger partial charge is 0.124 e. The normalized spacial score (nSPS) is 12.4. The van der Waals surface area contributed by atoms with Crippen LogP contribution in [0.4, 0.5) is 0 Å². The van der Waals surface area contributed by atoms with E-state index in [1.807, 2.05) is 7.05 Å². The van der Waals surface area contributed by atoms with Crippen molar-refractivity contribution in [2.75, 3.05) is 7.05 Å².